The van der Waals surface area contributed by atoms with E-state index in [1.165, 1.54) is 16.9 Å². The Hall–Kier alpha value is -1.76. The number of thiazole rings is 1. The van der Waals surface area contributed by atoms with E-state index >= 15 is 0 Å². The minimum absolute atomic E-state index is 0.00668. The zero-order valence-electron chi connectivity index (χ0n) is 12.5. The van der Waals surface area contributed by atoms with Crippen molar-refractivity contribution in [2.45, 2.75) is 12.5 Å². The molecule has 0 saturated heterocycles. The second-order valence-electron chi connectivity index (χ2n) is 5.39. The van der Waals surface area contributed by atoms with E-state index in [0.717, 1.165) is 18.5 Å². The molecule has 0 aliphatic carbocycles. The normalized spacial score (nSPS) is 18.0. The van der Waals surface area contributed by atoms with Crippen LogP contribution in [0.3, 0.4) is 0 Å². The minimum Gasteiger partial charge on any atom is -0.394 e. The summed E-state index contributed by atoms with van der Waals surface area (Å²) in [5.41, 5.74) is 2.39. The van der Waals surface area contributed by atoms with E-state index in [0.29, 0.717) is 5.13 Å². The molecule has 3 rings (SSSR count). The Kier molecular flexibility index (Phi) is 4.52. The molecular weight excluding hydrogens is 298 g/mol. The molecule has 0 fully saturated rings. The van der Waals surface area contributed by atoms with Gasteiger partial charge in [0.15, 0.2) is 5.13 Å². The van der Waals surface area contributed by atoms with Gasteiger partial charge in [-0.1, -0.05) is 24.3 Å². The van der Waals surface area contributed by atoms with Crippen LogP contribution >= 0.6 is 11.3 Å². The lowest BCUT2D eigenvalue weighted by Gasteiger charge is -2.36. The lowest BCUT2D eigenvalue weighted by atomic mass is 9.93. The predicted octanol–water partition coefficient (Wildman–Crippen LogP) is 1.70. The Morgan fingerprint density at radius 2 is 2.32 bits per heavy atom. The number of rotatable bonds is 4. The van der Waals surface area contributed by atoms with Crippen LogP contribution < -0.4 is 4.90 Å². The highest BCUT2D eigenvalue weighted by Gasteiger charge is 2.29. The van der Waals surface area contributed by atoms with Crippen LogP contribution in [0.4, 0.5) is 5.13 Å². The Morgan fingerprint density at radius 3 is 3.05 bits per heavy atom. The molecule has 5 nitrogen and oxygen atoms in total. The maximum Gasteiger partial charge on any atom is 0.242 e. The molecule has 2 aromatic rings. The number of aliphatic hydroxyl groups is 1. The topological polar surface area (TPSA) is 56.7 Å². The molecule has 1 amide bonds. The standard InChI is InChI=1S/C16H19N3O2S/c1-18(16-17-7-9-22-16)15(21)10-19-8-6-12-4-2-3-5-13(12)14(19)11-20/h2-5,7,9,14,20H,6,8,10-11H2,1H3. The monoisotopic (exact) mass is 317 g/mol. The third kappa shape index (κ3) is 2.90. The van der Waals surface area contributed by atoms with Gasteiger partial charge < -0.3 is 5.11 Å². The molecule has 1 atom stereocenters. The number of fused-ring (bicyclic) bond motifs is 1. The minimum atomic E-state index is -0.112. The summed E-state index contributed by atoms with van der Waals surface area (Å²) in [6, 6.07) is 8.02. The fourth-order valence-electron chi connectivity index (χ4n) is 2.87. The molecule has 0 spiro atoms. The SMILES string of the molecule is CN(C(=O)CN1CCc2ccccc2C1CO)c1nccs1. The van der Waals surface area contributed by atoms with Gasteiger partial charge in [-0.15, -0.1) is 11.3 Å². The van der Waals surface area contributed by atoms with Crippen LogP contribution in [0.15, 0.2) is 35.8 Å². The van der Waals surface area contributed by atoms with Crippen molar-refractivity contribution in [2.24, 2.45) is 0 Å². The molecule has 116 valence electrons. The largest absolute Gasteiger partial charge is 0.394 e. The molecule has 1 N–H and O–H groups in total. The van der Waals surface area contributed by atoms with Gasteiger partial charge in [-0.2, -0.15) is 0 Å². The third-order valence-corrected chi connectivity index (χ3v) is 4.96. The molecule has 1 aliphatic heterocycles. The maximum atomic E-state index is 12.5. The average molecular weight is 317 g/mol. The summed E-state index contributed by atoms with van der Waals surface area (Å²) in [6.45, 7) is 1.08. The van der Waals surface area contributed by atoms with Gasteiger partial charge in [0, 0.05) is 25.2 Å². The molecule has 0 bridgehead atoms. The number of hydrogen-bond donors (Lipinski definition) is 1. The first kappa shape index (κ1) is 15.1. The van der Waals surface area contributed by atoms with Gasteiger partial charge in [0.2, 0.25) is 5.91 Å². The van der Waals surface area contributed by atoms with Gasteiger partial charge in [-0.05, 0) is 17.5 Å². The van der Waals surface area contributed by atoms with Gasteiger partial charge in [0.05, 0.1) is 19.2 Å². The molecule has 1 unspecified atom stereocenters. The summed E-state index contributed by atoms with van der Waals surface area (Å²) in [5.74, 6) is -0.00668. The van der Waals surface area contributed by atoms with Crippen LogP contribution in [-0.4, -0.2) is 47.6 Å². The summed E-state index contributed by atoms with van der Waals surface area (Å²) < 4.78 is 0. The van der Waals surface area contributed by atoms with E-state index in [-0.39, 0.29) is 25.1 Å². The number of benzene rings is 1. The lowest BCUT2D eigenvalue weighted by Crippen LogP contribution is -2.44. The van der Waals surface area contributed by atoms with Crippen molar-refractivity contribution in [3.63, 3.8) is 0 Å². The van der Waals surface area contributed by atoms with Crippen molar-refractivity contribution < 1.29 is 9.90 Å². The number of carbonyl (C=O) groups is 1. The smallest absolute Gasteiger partial charge is 0.242 e. The highest BCUT2D eigenvalue weighted by atomic mass is 32.1. The van der Waals surface area contributed by atoms with Crippen molar-refractivity contribution in [1.82, 2.24) is 9.88 Å². The Balaban J connectivity index is 1.74. The van der Waals surface area contributed by atoms with Gasteiger partial charge >= 0.3 is 0 Å². The molecule has 22 heavy (non-hydrogen) atoms. The molecule has 1 aromatic carbocycles. The van der Waals surface area contributed by atoms with E-state index in [9.17, 15) is 9.90 Å². The number of hydrogen-bond acceptors (Lipinski definition) is 5. The number of anilines is 1. The number of likely N-dealkylation sites (N-methyl/N-ethyl adjacent to an activating group) is 1. The van der Waals surface area contributed by atoms with E-state index in [1.54, 1.807) is 18.1 Å². The van der Waals surface area contributed by atoms with Gasteiger partial charge in [0.1, 0.15) is 0 Å². The quantitative estimate of drug-likeness (QED) is 0.932. The van der Waals surface area contributed by atoms with Crippen LogP contribution in [0, 0.1) is 0 Å². The van der Waals surface area contributed by atoms with Crippen molar-refractivity contribution in [3.8, 4) is 0 Å². The summed E-state index contributed by atoms with van der Waals surface area (Å²) in [7, 11) is 1.74. The number of carbonyl (C=O) groups excluding carboxylic acids is 1. The summed E-state index contributed by atoms with van der Waals surface area (Å²) in [5, 5.41) is 12.3. The average Bonchev–Trinajstić information content (AvgIpc) is 3.08. The fraction of sp³-hybridized carbons (Fsp3) is 0.375. The Bertz CT molecular complexity index is 645. The van der Waals surface area contributed by atoms with E-state index in [1.807, 2.05) is 23.6 Å². The molecule has 1 aliphatic rings. The molecular formula is C16H19N3O2S. The predicted molar refractivity (Wildman–Crippen MR) is 87.1 cm³/mol. The lowest BCUT2D eigenvalue weighted by molar-refractivity contribution is -0.120. The van der Waals surface area contributed by atoms with Crippen LogP contribution in [0.2, 0.25) is 0 Å². The molecule has 0 saturated carbocycles. The van der Waals surface area contributed by atoms with Crippen molar-refractivity contribution >= 4 is 22.4 Å². The second-order valence-corrected chi connectivity index (χ2v) is 6.26. The second kappa shape index (κ2) is 6.56. The van der Waals surface area contributed by atoms with Crippen molar-refractivity contribution in [1.29, 1.82) is 0 Å². The zero-order chi connectivity index (χ0) is 15.5. The summed E-state index contributed by atoms with van der Waals surface area (Å²) in [4.78, 5) is 20.2. The third-order valence-electron chi connectivity index (χ3n) is 4.11. The van der Waals surface area contributed by atoms with Crippen LogP contribution in [-0.2, 0) is 11.2 Å². The zero-order valence-corrected chi connectivity index (χ0v) is 13.3. The van der Waals surface area contributed by atoms with Crippen LogP contribution in [0.1, 0.15) is 17.2 Å². The van der Waals surface area contributed by atoms with E-state index < -0.39 is 0 Å². The molecule has 1 aromatic heterocycles. The Labute approximate surface area is 133 Å². The molecule has 2 heterocycles. The molecule has 6 heteroatoms. The molecule has 0 radical (unpaired) electrons. The van der Waals surface area contributed by atoms with E-state index in [4.69, 9.17) is 0 Å². The van der Waals surface area contributed by atoms with Crippen LogP contribution in [0.5, 0.6) is 0 Å². The Morgan fingerprint density at radius 1 is 1.50 bits per heavy atom. The number of nitrogens with zero attached hydrogens (tertiary/aromatic N) is 3. The first-order chi connectivity index (χ1) is 10.7. The maximum absolute atomic E-state index is 12.5. The highest BCUT2D eigenvalue weighted by Crippen LogP contribution is 2.29. The van der Waals surface area contributed by atoms with Crippen molar-refractivity contribution in [3.05, 3.63) is 47.0 Å². The summed E-state index contributed by atoms with van der Waals surface area (Å²) in [6.07, 6.45) is 2.60. The first-order valence-corrected chi connectivity index (χ1v) is 8.17. The summed E-state index contributed by atoms with van der Waals surface area (Å²) >= 11 is 1.44. The number of aliphatic hydroxyl groups excluding tert-OH is 1. The van der Waals surface area contributed by atoms with Crippen molar-refractivity contribution in [2.75, 3.05) is 31.6 Å². The fourth-order valence-corrected chi connectivity index (χ4v) is 3.50. The van der Waals surface area contributed by atoms with Crippen LogP contribution in [0.25, 0.3) is 0 Å². The van der Waals surface area contributed by atoms with Gasteiger partial charge in [0.25, 0.3) is 0 Å². The van der Waals surface area contributed by atoms with Gasteiger partial charge in [-0.25, -0.2) is 4.98 Å². The number of aromatic nitrogens is 1. The van der Waals surface area contributed by atoms with Gasteiger partial charge in [-0.3, -0.25) is 14.6 Å². The number of amides is 1. The van der Waals surface area contributed by atoms with E-state index in [2.05, 4.69) is 16.0 Å². The highest BCUT2D eigenvalue weighted by molar-refractivity contribution is 7.13. The first-order valence-electron chi connectivity index (χ1n) is 7.29.